The molecule has 0 fully saturated rings. The number of thiophene rings is 1. The van der Waals surface area contributed by atoms with E-state index in [9.17, 15) is 9.59 Å². The predicted molar refractivity (Wildman–Crippen MR) is 116 cm³/mol. The number of nitrogens with zero attached hydrogens (tertiary/aromatic N) is 1. The highest BCUT2D eigenvalue weighted by Crippen LogP contribution is 2.24. The molecule has 1 amide bonds. The standard InChI is InChI=1S/C22H23ClN2O3S/c1-4-28-22(27)20-14(2)18(15(3)24-20)13-25(21(26)19-6-5-11-29-19)12-16-7-9-17(23)10-8-16/h5-11,24H,4,12-13H2,1-3H3. The van der Waals surface area contributed by atoms with Gasteiger partial charge in [0.2, 0.25) is 0 Å². The van der Waals surface area contributed by atoms with Gasteiger partial charge in [-0.15, -0.1) is 11.3 Å². The number of H-pyrrole nitrogens is 1. The Balaban J connectivity index is 1.91. The first-order valence-electron chi connectivity index (χ1n) is 9.33. The van der Waals surface area contributed by atoms with Gasteiger partial charge in [0.05, 0.1) is 11.5 Å². The van der Waals surface area contributed by atoms with E-state index in [1.807, 2.05) is 55.6 Å². The summed E-state index contributed by atoms with van der Waals surface area (Å²) in [6, 6.07) is 11.1. The van der Waals surface area contributed by atoms with Gasteiger partial charge in [-0.2, -0.15) is 0 Å². The normalized spacial score (nSPS) is 10.8. The van der Waals surface area contributed by atoms with Crippen LogP contribution in [0.4, 0.5) is 0 Å². The van der Waals surface area contributed by atoms with Crippen molar-refractivity contribution < 1.29 is 14.3 Å². The quantitative estimate of drug-likeness (QED) is 0.513. The number of hydrogen-bond donors (Lipinski definition) is 1. The Labute approximate surface area is 179 Å². The molecule has 0 unspecified atom stereocenters. The number of rotatable bonds is 7. The number of ether oxygens (including phenoxy) is 1. The molecule has 2 heterocycles. The fourth-order valence-electron chi connectivity index (χ4n) is 3.19. The molecule has 1 aromatic carbocycles. The highest BCUT2D eigenvalue weighted by atomic mass is 35.5. The zero-order chi connectivity index (χ0) is 21.0. The summed E-state index contributed by atoms with van der Waals surface area (Å²) in [5, 5.41) is 2.54. The maximum absolute atomic E-state index is 13.2. The van der Waals surface area contributed by atoms with Crippen molar-refractivity contribution in [2.24, 2.45) is 0 Å². The van der Waals surface area contributed by atoms with Gasteiger partial charge < -0.3 is 14.6 Å². The number of aromatic nitrogens is 1. The number of aromatic amines is 1. The highest BCUT2D eigenvalue weighted by molar-refractivity contribution is 7.12. The minimum atomic E-state index is -0.381. The number of hydrogen-bond acceptors (Lipinski definition) is 4. The molecule has 0 aliphatic carbocycles. The number of esters is 1. The van der Waals surface area contributed by atoms with Crippen LogP contribution < -0.4 is 0 Å². The number of carbonyl (C=O) groups excluding carboxylic acids is 2. The van der Waals surface area contributed by atoms with Crippen LogP contribution in [0.25, 0.3) is 0 Å². The smallest absolute Gasteiger partial charge is 0.355 e. The van der Waals surface area contributed by atoms with E-state index < -0.39 is 0 Å². The Morgan fingerprint density at radius 2 is 1.86 bits per heavy atom. The largest absolute Gasteiger partial charge is 0.461 e. The zero-order valence-corrected chi connectivity index (χ0v) is 18.2. The summed E-state index contributed by atoms with van der Waals surface area (Å²) >= 11 is 7.41. The van der Waals surface area contributed by atoms with Crippen LogP contribution >= 0.6 is 22.9 Å². The molecular formula is C22H23ClN2O3S. The zero-order valence-electron chi connectivity index (χ0n) is 16.6. The molecule has 0 radical (unpaired) electrons. The lowest BCUT2D eigenvalue weighted by molar-refractivity contribution is 0.0519. The van der Waals surface area contributed by atoms with Gasteiger partial charge in [-0.25, -0.2) is 4.79 Å². The highest BCUT2D eigenvalue weighted by Gasteiger charge is 2.23. The summed E-state index contributed by atoms with van der Waals surface area (Å²) in [5.41, 5.74) is 4.00. The Hall–Kier alpha value is -2.57. The summed E-state index contributed by atoms with van der Waals surface area (Å²) in [7, 11) is 0. The molecule has 3 aromatic rings. The minimum Gasteiger partial charge on any atom is -0.461 e. The second-order valence-electron chi connectivity index (χ2n) is 6.71. The van der Waals surface area contributed by atoms with Gasteiger partial charge in [0.1, 0.15) is 5.69 Å². The fourth-order valence-corrected chi connectivity index (χ4v) is 4.01. The summed E-state index contributed by atoms with van der Waals surface area (Å²) in [4.78, 5) is 31.0. The van der Waals surface area contributed by atoms with Crippen LogP contribution in [0.3, 0.4) is 0 Å². The Kier molecular flexibility index (Phi) is 6.77. The number of aryl methyl sites for hydroxylation is 1. The average molecular weight is 431 g/mol. The average Bonchev–Trinajstić information content (AvgIpc) is 3.33. The Morgan fingerprint density at radius 3 is 2.48 bits per heavy atom. The van der Waals surface area contributed by atoms with Gasteiger partial charge >= 0.3 is 5.97 Å². The van der Waals surface area contributed by atoms with Crippen molar-refractivity contribution in [2.75, 3.05) is 6.61 Å². The third kappa shape index (κ3) is 4.89. The van der Waals surface area contributed by atoms with Crippen LogP contribution in [0, 0.1) is 13.8 Å². The molecule has 152 valence electrons. The van der Waals surface area contributed by atoms with Gasteiger partial charge in [-0.1, -0.05) is 29.8 Å². The monoisotopic (exact) mass is 430 g/mol. The molecule has 0 spiro atoms. The van der Waals surface area contributed by atoms with Crippen molar-refractivity contribution >= 4 is 34.8 Å². The summed E-state index contributed by atoms with van der Waals surface area (Å²) in [6.07, 6.45) is 0. The molecular weight excluding hydrogens is 408 g/mol. The van der Waals surface area contributed by atoms with E-state index in [1.54, 1.807) is 11.8 Å². The Bertz CT molecular complexity index is 994. The summed E-state index contributed by atoms with van der Waals surface area (Å²) in [5.74, 6) is -0.430. The number of benzene rings is 1. The molecule has 1 N–H and O–H groups in total. The van der Waals surface area contributed by atoms with E-state index in [2.05, 4.69) is 4.98 Å². The maximum Gasteiger partial charge on any atom is 0.355 e. The lowest BCUT2D eigenvalue weighted by atomic mass is 10.1. The first kappa shape index (κ1) is 21.1. The molecule has 0 aliphatic rings. The molecule has 29 heavy (non-hydrogen) atoms. The number of carbonyl (C=O) groups is 2. The third-order valence-corrected chi connectivity index (χ3v) is 5.84. The van der Waals surface area contributed by atoms with Gasteiger partial charge in [-0.05, 0) is 61.0 Å². The summed E-state index contributed by atoms with van der Waals surface area (Å²) in [6.45, 7) is 6.69. The number of halogens is 1. The molecule has 0 saturated heterocycles. The number of amides is 1. The van der Waals surface area contributed by atoms with Gasteiger partial charge in [-0.3, -0.25) is 4.79 Å². The second kappa shape index (κ2) is 9.29. The van der Waals surface area contributed by atoms with Crippen LogP contribution in [-0.4, -0.2) is 28.4 Å². The minimum absolute atomic E-state index is 0.0485. The van der Waals surface area contributed by atoms with Crippen molar-refractivity contribution in [3.63, 3.8) is 0 Å². The Morgan fingerprint density at radius 1 is 1.14 bits per heavy atom. The van der Waals surface area contributed by atoms with E-state index in [0.717, 1.165) is 22.4 Å². The molecule has 0 saturated carbocycles. The van der Waals surface area contributed by atoms with Crippen LogP contribution in [0.1, 0.15) is 49.5 Å². The lowest BCUT2D eigenvalue weighted by Gasteiger charge is -2.23. The van der Waals surface area contributed by atoms with E-state index in [0.29, 0.717) is 35.3 Å². The van der Waals surface area contributed by atoms with Gasteiger partial charge in [0.25, 0.3) is 5.91 Å². The third-order valence-electron chi connectivity index (χ3n) is 4.73. The molecule has 7 heteroatoms. The van der Waals surface area contributed by atoms with Crippen molar-refractivity contribution in [3.05, 3.63) is 79.8 Å². The van der Waals surface area contributed by atoms with E-state index >= 15 is 0 Å². The van der Waals surface area contributed by atoms with Crippen molar-refractivity contribution in [1.82, 2.24) is 9.88 Å². The van der Waals surface area contributed by atoms with E-state index in [1.165, 1.54) is 11.3 Å². The van der Waals surface area contributed by atoms with Crippen LogP contribution in [0.15, 0.2) is 41.8 Å². The molecule has 0 atom stereocenters. The number of nitrogens with one attached hydrogen (secondary N) is 1. The van der Waals surface area contributed by atoms with Gasteiger partial charge in [0.15, 0.2) is 0 Å². The molecule has 5 nitrogen and oxygen atoms in total. The predicted octanol–water partition coefficient (Wildman–Crippen LogP) is 5.37. The fraction of sp³-hybridized carbons (Fsp3) is 0.273. The first-order valence-corrected chi connectivity index (χ1v) is 10.6. The maximum atomic E-state index is 13.2. The van der Waals surface area contributed by atoms with Crippen molar-refractivity contribution in [2.45, 2.75) is 33.9 Å². The van der Waals surface area contributed by atoms with Gasteiger partial charge in [0, 0.05) is 23.8 Å². The first-order chi connectivity index (χ1) is 13.9. The van der Waals surface area contributed by atoms with Crippen LogP contribution in [0.2, 0.25) is 5.02 Å². The van der Waals surface area contributed by atoms with Crippen LogP contribution in [0.5, 0.6) is 0 Å². The van der Waals surface area contributed by atoms with Crippen LogP contribution in [-0.2, 0) is 17.8 Å². The van der Waals surface area contributed by atoms with E-state index in [4.69, 9.17) is 16.3 Å². The topological polar surface area (TPSA) is 62.4 Å². The second-order valence-corrected chi connectivity index (χ2v) is 8.10. The SMILES string of the molecule is CCOC(=O)c1[nH]c(C)c(CN(Cc2ccc(Cl)cc2)C(=O)c2cccs2)c1C. The van der Waals surface area contributed by atoms with Crippen molar-refractivity contribution in [3.8, 4) is 0 Å². The molecule has 0 bridgehead atoms. The van der Waals surface area contributed by atoms with Crippen molar-refractivity contribution in [1.29, 1.82) is 0 Å². The molecule has 2 aromatic heterocycles. The van der Waals surface area contributed by atoms with E-state index in [-0.39, 0.29) is 11.9 Å². The molecule has 0 aliphatic heterocycles. The molecule has 3 rings (SSSR count). The lowest BCUT2D eigenvalue weighted by Crippen LogP contribution is -2.30. The summed E-state index contributed by atoms with van der Waals surface area (Å²) < 4.78 is 5.13.